The first kappa shape index (κ1) is 20.8. The molecule has 30 heavy (non-hydrogen) atoms. The quantitative estimate of drug-likeness (QED) is 0.724. The van der Waals surface area contributed by atoms with Gasteiger partial charge in [-0.25, -0.2) is 4.98 Å². The van der Waals surface area contributed by atoms with Crippen LogP contribution in [0.1, 0.15) is 54.6 Å². The summed E-state index contributed by atoms with van der Waals surface area (Å²) in [5.41, 5.74) is 3.34. The van der Waals surface area contributed by atoms with Gasteiger partial charge in [0, 0.05) is 43.0 Å². The summed E-state index contributed by atoms with van der Waals surface area (Å²) < 4.78 is 5.71. The Hall–Kier alpha value is -2.41. The van der Waals surface area contributed by atoms with Crippen LogP contribution in [0.25, 0.3) is 0 Å². The van der Waals surface area contributed by atoms with Gasteiger partial charge in [0.25, 0.3) is 5.91 Å². The molecule has 2 aliphatic rings. The summed E-state index contributed by atoms with van der Waals surface area (Å²) in [5, 5.41) is 1.96. The van der Waals surface area contributed by atoms with Crippen LogP contribution in [0, 0.1) is 5.92 Å². The molecule has 4 rings (SSSR count). The molecule has 0 spiro atoms. The van der Waals surface area contributed by atoms with Gasteiger partial charge in [0.2, 0.25) is 5.91 Å². The van der Waals surface area contributed by atoms with E-state index in [4.69, 9.17) is 4.74 Å². The van der Waals surface area contributed by atoms with E-state index < -0.39 is 0 Å². The van der Waals surface area contributed by atoms with Gasteiger partial charge in [0.15, 0.2) is 0 Å². The molecule has 0 saturated carbocycles. The minimum Gasteiger partial charge on any atom is -0.487 e. The Bertz CT molecular complexity index is 822. The molecule has 2 saturated heterocycles. The zero-order valence-electron chi connectivity index (χ0n) is 17.3. The highest BCUT2D eigenvalue weighted by molar-refractivity contribution is 7.07. The molecule has 7 heteroatoms. The summed E-state index contributed by atoms with van der Waals surface area (Å²) >= 11 is 1.54. The minimum absolute atomic E-state index is 0.0294. The number of hydrogen-bond donors (Lipinski definition) is 0. The van der Waals surface area contributed by atoms with Crippen LogP contribution in [0.4, 0.5) is 0 Å². The Kier molecular flexibility index (Phi) is 7.00. The summed E-state index contributed by atoms with van der Waals surface area (Å²) in [6.45, 7) is 3.51. The van der Waals surface area contributed by atoms with E-state index in [2.05, 4.69) is 9.88 Å². The number of aromatic nitrogens is 1. The molecule has 3 heterocycles. The van der Waals surface area contributed by atoms with Crippen LogP contribution in [-0.2, 0) is 11.4 Å². The molecule has 0 radical (unpaired) electrons. The summed E-state index contributed by atoms with van der Waals surface area (Å²) in [6.07, 6.45) is 6.21. The molecule has 2 amide bonds. The van der Waals surface area contributed by atoms with Crippen LogP contribution in [-0.4, -0.2) is 52.8 Å². The van der Waals surface area contributed by atoms with E-state index in [0.29, 0.717) is 31.2 Å². The van der Waals surface area contributed by atoms with Crippen molar-refractivity contribution in [3.8, 4) is 5.75 Å². The van der Waals surface area contributed by atoms with Gasteiger partial charge >= 0.3 is 0 Å². The fourth-order valence-corrected chi connectivity index (χ4v) is 4.76. The Balaban J connectivity index is 1.27. The van der Waals surface area contributed by atoms with Crippen molar-refractivity contribution in [1.82, 2.24) is 14.8 Å². The van der Waals surface area contributed by atoms with Crippen LogP contribution in [0.5, 0.6) is 5.75 Å². The summed E-state index contributed by atoms with van der Waals surface area (Å²) in [7, 11) is 0. The van der Waals surface area contributed by atoms with Crippen LogP contribution in [0.2, 0.25) is 0 Å². The largest absolute Gasteiger partial charge is 0.487 e. The van der Waals surface area contributed by atoms with Crippen molar-refractivity contribution in [2.45, 2.75) is 45.1 Å². The fraction of sp³-hybridized carbons (Fsp3) is 0.522. The Labute approximate surface area is 181 Å². The normalized spacial score (nSPS) is 18.1. The van der Waals surface area contributed by atoms with E-state index in [1.807, 2.05) is 34.5 Å². The highest BCUT2D eigenvalue weighted by atomic mass is 32.1. The third kappa shape index (κ3) is 5.19. The number of thiazole rings is 1. The molecule has 0 aliphatic carbocycles. The highest BCUT2D eigenvalue weighted by Gasteiger charge is 2.30. The molecule has 1 aromatic carbocycles. The topological polar surface area (TPSA) is 62.7 Å². The molecule has 160 valence electrons. The molecular weight excluding hydrogens is 398 g/mol. The van der Waals surface area contributed by atoms with E-state index in [9.17, 15) is 9.59 Å². The van der Waals surface area contributed by atoms with Gasteiger partial charge in [-0.2, -0.15) is 0 Å². The zero-order chi connectivity index (χ0) is 20.8. The maximum absolute atomic E-state index is 12.9. The number of amides is 2. The van der Waals surface area contributed by atoms with Crippen LogP contribution in [0.15, 0.2) is 35.2 Å². The summed E-state index contributed by atoms with van der Waals surface area (Å²) in [4.78, 5) is 33.8. The SMILES string of the molecule is O=C(c1ccc(OCc2cscn2)cc1)N1CCC(C(=O)N2CCCCCC2)CC1. The molecule has 1 aromatic heterocycles. The smallest absolute Gasteiger partial charge is 0.253 e. The molecule has 2 fully saturated rings. The number of rotatable bonds is 5. The molecule has 0 atom stereocenters. The molecule has 6 nitrogen and oxygen atoms in total. The number of carbonyl (C=O) groups excluding carboxylic acids is 2. The van der Waals surface area contributed by atoms with Gasteiger partial charge < -0.3 is 14.5 Å². The van der Waals surface area contributed by atoms with E-state index in [0.717, 1.165) is 50.2 Å². The maximum Gasteiger partial charge on any atom is 0.253 e. The van der Waals surface area contributed by atoms with Crippen LogP contribution in [0.3, 0.4) is 0 Å². The monoisotopic (exact) mass is 427 g/mol. The van der Waals surface area contributed by atoms with Crippen molar-refractivity contribution in [1.29, 1.82) is 0 Å². The van der Waals surface area contributed by atoms with Crippen molar-refractivity contribution < 1.29 is 14.3 Å². The molecule has 0 unspecified atom stereocenters. The van der Waals surface area contributed by atoms with Gasteiger partial charge in [-0.3, -0.25) is 9.59 Å². The molecule has 2 aliphatic heterocycles. The average Bonchev–Trinajstić information content (AvgIpc) is 3.17. The van der Waals surface area contributed by atoms with Crippen molar-refractivity contribution in [2.24, 2.45) is 5.92 Å². The van der Waals surface area contributed by atoms with E-state index >= 15 is 0 Å². The fourth-order valence-electron chi connectivity index (χ4n) is 4.22. The summed E-state index contributed by atoms with van der Waals surface area (Å²) in [6, 6.07) is 7.28. The second kappa shape index (κ2) is 10.1. The number of carbonyl (C=O) groups is 2. The second-order valence-electron chi connectivity index (χ2n) is 8.10. The van der Waals surface area contributed by atoms with Gasteiger partial charge in [0.1, 0.15) is 12.4 Å². The van der Waals surface area contributed by atoms with Crippen LogP contribution < -0.4 is 4.74 Å². The van der Waals surface area contributed by atoms with Gasteiger partial charge in [-0.1, -0.05) is 12.8 Å². The first-order chi connectivity index (χ1) is 14.7. The zero-order valence-corrected chi connectivity index (χ0v) is 18.1. The number of piperidine rings is 1. The standard InChI is InChI=1S/C23H29N3O3S/c27-22(18-5-7-21(8-6-18)29-15-20-16-30-17-24-20)26-13-9-19(10-14-26)23(28)25-11-3-1-2-4-12-25/h5-8,16-17,19H,1-4,9-15H2. The lowest BCUT2D eigenvalue weighted by molar-refractivity contribution is -0.136. The Morgan fingerprint density at radius 1 is 0.967 bits per heavy atom. The van der Waals surface area contributed by atoms with Crippen molar-refractivity contribution in [2.75, 3.05) is 26.2 Å². The molecule has 0 N–H and O–H groups in total. The number of nitrogens with zero attached hydrogens (tertiary/aromatic N) is 3. The lowest BCUT2D eigenvalue weighted by atomic mass is 9.94. The number of benzene rings is 1. The lowest BCUT2D eigenvalue weighted by Gasteiger charge is -2.34. The first-order valence-corrected chi connectivity index (χ1v) is 11.8. The predicted octanol–water partition coefficient (Wildman–Crippen LogP) is 3.98. The van der Waals surface area contributed by atoms with Crippen LogP contribution >= 0.6 is 11.3 Å². The predicted molar refractivity (Wildman–Crippen MR) is 117 cm³/mol. The van der Waals surface area contributed by atoms with Crippen molar-refractivity contribution >= 4 is 23.2 Å². The molecule has 2 aromatic rings. The van der Waals surface area contributed by atoms with Crippen molar-refractivity contribution in [3.05, 3.63) is 46.4 Å². The Morgan fingerprint density at radius 3 is 2.30 bits per heavy atom. The number of ether oxygens (including phenoxy) is 1. The number of likely N-dealkylation sites (tertiary alicyclic amines) is 2. The third-order valence-corrected chi connectivity index (χ3v) is 6.66. The first-order valence-electron chi connectivity index (χ1n) is 10.9. The third-order valence-electron chi connectivity index (χ3n) is 6.02. The van der Waals surface area contributed by atoms with E-state index in [-0.39, 0.29) is 11.8 Å². The Morgan fingerprint density at radius 2 is 1.67 bits per heavy atom. The van der Waals surface area contributed by atoms with Crippen molar-refractivity contribution in [3.63, 3.8) is 0 Å². The number of hydrogen-bond acceptors (Lipinski definition) is 5. The van der Waals surface area contributed by atoms with Gasteiger partial charge in [-0.05, 0) is 49.9 Å². The summed E-state index contributed by atoms with van der Waals surface area (Å²) in [5.74, 6) is 1.11. The minimum atomic E-state index is 0.0294. The molecule has 0 bridgehead atoms. The van der Waals surface area contributed by atoms with Gasteiger partial charge in [-0.15, -0.1) is 11.3 Å². The van der Waals surface area contributed by atoms with E-state index in [1.165, 1.54) is 12.8 Å². The van der Waals surface area contributed by atoms with E-state index in [1.54, 1.807) is 16.8 Å². The average molecular weight is 428 g/mol. The van der Waals surface area contributed by atoms with Gasteiger partial charge in [0.05, 0.1) is 11.2 Å². The highest BCUT2D eigenvalue weighted by Crippen LogP contribution is 2.23. The lowest BCUT2D eigenvalue weighted by Crippen LogP contribution is -2.44. The maximum atomic E-state index is 12.9. The second-order valence-corrected chi connectivity index (χ2v) is 8.82. The molecular formula is C23H29N3O3S.